The summed E-state index contributed by atoms with van der Waals surface area (Å²) in [4.78, 5) is 17.8. The van der Waals surface area contributed by atoms with E-state index in [-0.39, 0.29) is 11.3 Å². The van der Waals surface area contributed by atoms with Crippen LogP contribution in [0.15, 0.2) is 35.5 Å². The molecule has 2 saturated heterocycles. The third-order valence-electron chi connectivity index (χ3n) is 6.01. The molecule has 140 valence electrons. The van der Waals surface area contributed by atoms with E-state index >= 15 is 0 Å². The number of anilines is 1. The van der Waals surface area contributed by atoms with Crippen molar-refractivity contribution in [2.45, 2.75) is 26.2 Å². The van der Waals surface area contributed by atoms with Gasteiger partial charge in [-0.3, -0.25) is 20.0 Å². The van der Waals surface area contributed by atoms with Gasteiger partial charge in [-0.1, -0.05) is 31.9 Å². The molecule has 2 unspecified atom stereocenters. The van der Waals surface area contributed by atoms with Gasteiger partial charge in [0.05, 0.1) is 5.56 Å². The molecular weight excluding hydrogens is 326 g/mol. The fourth-order valence-electron chi connectivity index (χ4n) is 4.81. The molecule has 26 heavy (non-hydrogen) atoms. The van der Waals surface area contributed by atoms with E-state index in [2.05, 4.69) is 27.6 Å². The molecule has 5 rings (SSSR count). The maximum Gasteiger partial charge on any atom is 0.271 e. The fraction of sp³-hybridized carbons (Fsp3) is 0.550. The van der Waals surface area contributed by atoms with Crippen LogP contribution in [0.2, 0.25) is 0 Å². The summed E-state index contributed by atoms with van der Waals surface area (Å²) in [5.41, 5.74) is 16.0. The highest BCUT2D eigenvalue weighted by Crippen LogP contribution is 2.43. The van der Waals surface area contributed by atoms with Crippen LogP contribution in [0.1, 0.15) is 36.5 Å². The molecule has 1 amide bonds. The molecule has 4 aliphatic rings. The van der Waals surface area contributed by atoms with Crippen molar-refractivity contribution in [3.8, 4) is 0 Å². The zero-order valence-corrected chi connectivity index (χ0v) is 15.6. The fourth-order valence-corrected chi connectivity index (χ4v) is 4.81. The molecule has 4 aliphatic heterocycles. The largest absolute Gasteiger partial charge is 0.398 e. The molecule has 0 aromatic heterocycles. The molecule has 4 heterocycles. The van der Waals surface area contributed by atoms with Crippen molar-refractivity contribution in [1.82, 2.24) is 20.7 Å². The second-order valence-electron chi connectivity index (χ2n) is 7.95. The average molecular weight is 355 g/mol. The number of nitrogens with one attached hydrogen (secondary N) is 2. The van der Waals surface area contributed by atoms with E-state index in [9.17, 15) is 4.79 Å². The molecule has 4 bridgehead atoms. The second kappa shape index (κ2) is 6.93. The van der Waals surface area contributed by atoms with E-state index in [1.54, 1.807) is 12.1 Å². The minimum Gasteiger partial charge on any atom is -0.398 e. The highest BCUT2D eigenvalue weighted by molar-refractivity contribution is 5.98. The van der Waals surface area contributed by atoms with Crippen molar-refractivity contribution in [3.05, 3.63) is 41.1 Å². The predicted molar refractivity (Wildman–Crippen MR) is 103 cm³/mol. The molecule has 4 N–H and O–H groups in total. The minimum absolute atomic E-state index is 0.105. The number of fused-ring (bicyclic) bond motifs is 1. The highest BCUT2D eigenvalue weighted by Gasteiger charge is 2.47. The number of para-hydroxylation sites is 1. The Balaban J connectivity index is 1.57. The molecule has 2 atom stereocenters. The first-order valence-corrected chi connectivity index (χ1v) is 9.69. The van der Waals surface area contributed by atoms with Crippen LogP contribution in [-0.2, 0) is 0 Å². The van der Waals surface area contributed by atoms with Gasteiger partial charge in [-0.2, -0.15) is 0 Å². The summed E-state index contributed by atoms with van der Waals surface area (Å²) in [6, 6.07) is 7.20. The van der Waals surface area contributed by atoms with Gasteiger partial charge in [0.1, 0.15) is 0 Å². The van der Waals surface area contributed by atoms with Gasteiger partial charge in [-0.25, -0.2) is 0 Å². The summed E-state index contributed by atoms with van der Waals surface area (Å²) >= 11 is 0. The molecule has 0 radical (unpaired) electrons. The lowest BCUT2D eigenvalue weighted by atomic mass is 9.73. The zero-order chi connectivity index (χ0) is 18.1. The maximum atomic E-state index is 12.6. The maximum absolute atomic E-state index is 12.6. The molecule has 6 heteroatoms. The molecule has 0 aliphatic carbocycles. The second-order valence-corrected chi connectivity index (χ2v) is 7.95. The Morgan fingerprint density at radius 1 is 1.19 bits per heavy atom. The van der Waals surface area contributed by atoms with E-state index in [4.69, 9.17) is 5.73 Å². The first kappa shape index (κ1) is 17.4. The lowest BCUT2D eigenvalue weighted by Crippen LogP contribution is -2.57. The average Bonchev–Trinajstić information content (AvgIpc) is 2.87. The third-order valence-corrected chi connectivity index (χ3v) is 6.01. The standard InChI is InChI=1S/C20H29N5O/c1-2-3-8-20-13-24-9-10-25(14-20)12-15(11-24)18(20)22-23-19(26)16-6-4-5-7-17(16)21/h4-7,22H,2-3,8-14,21H2,1H3,(H,23,26). The SMILES string of the molecule is CCCCC12CN3CCN(CC(=C1NNC(=O)c1ccccc1N)C3)C2. The Labute approximate surface area is 155 Å². The van der Waals surface area contributed by atoms with Crippen LogP contribution in [0.25, 0.3) is 0 Å². The third kappa shape index (κ3) is 3.08. The van der Waals surface area contributed by atoms with Crippen LogP contribution in [0.3, 0.4) is 0 Å². The number of carbonyl (C=O) groups excluding carboxylic acids is 1. The van der Waals surface area contributed by atoms with Gasteiger partial charge in [-0.15, -0.1) is 0 Å². The molecule has 1 aromatic rings. The van der Waals surface area contributed by atoms with Crippen LogP contribution >= 0.6 is 0 Å². The summed E-state index contributed by atoms with van der Waals surface area (Å²) in [5, 5.41) is 0. The van der Waals surface area contributed by atoms with Gasteiger partial charge in [0.2, 0.25) is 0 Å². The first-order valence-electron chi connectivity index (χ1n) is 9.69. The van der Waals surface area contributed by atoms with Crippen molar-refractivity contribution in [3.63, 3.8) is 0 Å². The van der Waals surface area contributed by atoms with Crippen molar-refractivity contribution in [2.75, 3.05) is 45.0 Å². The van der Waals surface area contributed by atoms with Crippen LogP contribution in [0, 0.1) is 5.41 Å². The van der Waals surface area contributed by atoms with Crippen molar-refractivity contribution in [2.24, 2.45) is 5.41 Å². The number of hydrogen-bond donors (Lipinski definition) is 3. The molecular formula is C20H29N5O. The summed E-state index contributed by atoms with van der Waals surface area (Å²) in [6.45, 7) is 8.73. The number of carbonyl (C=O) groups is 1. The lowest BCUT2D eigenvalue weighted by molar-refractivity contribution is 0.0900. The summed E-state index contributed by atoms with van der Waals surface area (Å²) < 4.78 is 0. The highest BCUT2D eigenvalue weighted by atomic mass is 16.2. The van der Waals surface area contributed by atoms with Crippen LogP contribution in [0.4, 0.5) is 5.69 Å². The van der Waals surface area contributed by atoms with Gasteiger partial charge in [0, 0.05) is 56.1 Å². The van der Waals surface area contributed by atoms with Gasteiger partial charge >= 0.3 is 0 Å². The Morgan fingerprint density at radius 3 is 2.54 bits per heavy atom. The number of rotatable bonds is 6. The van der Waals surface area contributed by atoms with Crippen LogP contribution in [-0.4, -0.2) is 55.0 Å². The van der Waals surface area contributed by atoms with Crippen LogP contribution < -0.4 is 16.6 Å². The van der Waals surface area contributed by atoms with E-state index in [0.29, 0.717) is 11.3 Å². The number of benzene rings is 1. The number of nitrogens with two attached hydrogens (primary N) is 1. The van der Waals surface area contributed by atoms with E-state index in [0.717, 1.165) is 45.7 Å². The van der Waals surface area contributed by atoms with Gasteiger partial charge in [-0.05, 0) is 24.1 Å². The molecule has 6 nitrogen and oxygen atoms in total. The van der Waals surface area contributed by atoms with Crippen LogP contribution in [0.5, 0.6) is 0 Å². The van der Waals surface area contributed by atoms with E-state index in [1.807, 2.05) is 12.1 Å². The van der Waals surface area contributed by atoms with E-state index < -0.39 is 0 Å². The summed E-state index contributed by atoms with van der Waals surface area (Å²) in [6.07, 6.45) is 3.56. The lowest BCUT2D eigenvalue weighted by Gasteiger charge is -2.48. The Hall–Kier alpha value is -2.05. The smallest absolute Gasteiger partial charge is 0.271 e. The van der Waals surface area contributed by atoms with Crippen molar-refractivity contribution < 1.29 is 4.79 Å². The predicted octanol–water partition coefficient (Wildman–Crippen LogP) is 1.58. The number of hydrazine groups is 1. The first-order chi connectivity index (χ1) is 12.6. The van der Waals surface area contributed by atoms with Gasteiger partial charge < -0.3 is 11.2 Å². The number of unbranched alkanes of at least 4 members (excludes halogenated alkanes) is 1. The molecule has 1 aromatic carbocycles. The van der Waals surface area contributed by atoms with Crippen molar-refractivity contribution >= 4 is 11.6 Å². The summed E-state index contributed by atoms with van der Waals surface area (Å²) in [7, 11) is 0. The minimum atomic E-state index is -0.172. The quantitative estimate of drug-likeness (QED) is 0.534. The Morgan fingerprint density at radius 2 is 1.88 bits per heavy atom. The Bertz CT molecular complexity index is 711. The number of hydrogen-bond acceptors (Lipinski definition) is 5. The monoisotopic (exact) mass is 355 g/mol. The van der Waals surface area contributed by atoms with Crippen molar-refractivity contribution in [1.29, 1.82) is 0 Å². The number of nitrogen functional groups attached to an aromatic ring is 1. The van der Waals surface area contributed by atoms with E-state index in [1.165, 1.54) is 24.1 Å². The topological polar surface area (TPSA) is 73.6 Å². The molecule has 2 fully saturated rings. The normalized spacial score (nSPS) is 29.6. The molecule has 0 spiro atoms. The Kier molecular flexibility index (Phi) is 4.63. The number of amides is 1. The summed E-state index contributed by atoms with van der Waals surface area (Å²) in [5.74, 6) is -0.172. The van der Waals surface area contributed by atoms with Gasteiger partial charge in [0.25, 0.3) is 5.91 Å². The number of nitrogens with zero attached hydrogens (tertiary/aromatic N) is 2. The zero-order valence-electron chi connectivity index (χ0n) is 15.6. The molecule has 0 saturated carbocycles. The van der Waals surface area contributed by atoms with Gasteiger partial charge in [0.15, 0.2) is 0 Å².